The highest BCUT2D eigenvalue weighted by molar-refractivity contribution is 7.98. The van der Waals surface area contributed by atoms with Crippen molar-refractivity contribution in [2.24, 2.45) is 0 Å². The zero-order valence-corrected chi connectivity index (χ0v) is 12.9. The highest BCUT2D eigenvalue weighted by Gasteiger charge is 2.11. The molecule has 0 aliphatic rings. The molecule has 21 heavy (non-hydrogen) atoms. The predicted octanol–water partition coefficient (Wildman–Crippen LogP) is 3.33. The Balaban J connectivity index is 1.98. The third-order valence-electron chi connectivity index (χ3n) is 2.94. The van der Waals surface area contributed by atoms with Crippen molar-refractivity contribution in [3.8, 4) is 0 Å². The van der Waals surface area contributed by atoms with Gasteiger partial charge in [-0.05, 0) is 23.6 Å². The summed E-state index contributed by atoms with van der Waals surface area (Å²) in [7, 11) is 0. The van der Waals surface area contributed by atoms with Gasteiger partial charge >= 0.3 is 0 Å². The van der Waals surface area contributed by atoms with Crippen LogP contribution in [0.1, 0.15) is 5.69 Å². The van der Waals surface area contributed by atoms with E-state index in [9.17, 15) is 4.79 Å². The molecule has 0 saturated carbocycles. The number of pyridine rings is 1. The molecular formula is C15H13N3OS2. The lowest BCUT2D eigenvalue weighted by atomic mass is 10.4. The van der Waals surface area contributed by atoms with Crippen molar-refractivity contribution in [2.45, 2.75) is 17.5 Å². The third-order valence-corrected chi connectivity index (χ3v) is 4.75. The molecule has 0 saturated heterocycles. The van der Waals surface area contributed by atoms with E-state index in [1.807, 2.05) is 29.6 Å². The molecule has 0 radical (unpaired) electrons. The fourth-order valence-corrected chi connectivity index (χ4v) is 3.68. The molecule has 0 atom stereocenters. The van der Waals surface area contributed by atoms with E-state index in [1.165, 1.54) is 23.1 Å². The Bertz CT molecular complexity index is 824. The van der Waals surface area contributed by atoms with Crippen molar-refractivity contribution in [1.29, 1.82) is 0 Å². The molecule has 3 aromatic rings. The summed E-state index contributed by atoms with van der Waals surface area (Å²) in [6, 6.07) is 7.63. The molecule has 0 bridgehead atoms. The van der Waals surface area contributed by atoms with Gasteiger partial charge in [-0.15, -0.1) is 17.9 Å². The molecule has 3 rings (SSSR count). The van der Waals surface area contributed by atoms with E-state index in [-0.39, 0.29) is 5.56 Å². The summed E-state index contributed by atoms with van der Waals surface area (Å²) in [5.41, 5.74) is 0.956. The van der Waals surface area contributed by atoms with E-state index in [1.54, 1.807) is 16.8 Å². The topological polar surface area (TPSA) is 47.8 Å². The summed E-state index contributed by atoms with van der Waals surface area (Å²) in [4.78, 5) is 22.1. The van der Waals surface area contributed by atoms with E-state index in [0.29, 0.717) is 22.8 Å². The van der Waals surface area contributed by atoms with Gasteiger partial charge in [-0.25, -0.2) is 4.98 Å². The lowest BCUT2D eigenvalue weighted by molar-refractivity contribution is 0.672. The number of aromatic nitrogens is 3. The zero-order chi connectivity index (χ0) is 14.7. The number of thiophene rings is 1. The number of allylic oxidation sites excluding steroid dienone is 1. The molecule has 0 fully saturated rings. The first kappa shape index (κ1) is 14.0. The van der Waals surface area contributed by atoms with Gasteiger partial charge in [0.2, 0.25) is 0 Å². The van der Waals surface area contributed by atoms with Crippen LogP contribution >= 0.6 is 23.1 Å². The Hall–Kier alpha value is -1.92. The summed E-state index contributed by atoms with van der Waals surface area (Å²) in [5, 5.41) is 3.27. The van der Waals surface area contributed by atoms with Gasteiger partial charge in [0.25, 0.3) is 5.56 Å². The first-order valence-electron chi connectivity index (χ1n) is 6.41. The summed E-state index contributed by atoms with van der Waals surface area (Å²) >= 11 is 3.01. The summed E-state index contributed by atoms with van der Waals surface area (Å²) in [6.07, 6.45) is 3.48. The Labute approximate surface area is 130 Å². The quantitative estimate of drug-likeness (QED) is 0.412. The molecule has 0 aromatic carbocycles. The van der Waals surface area contributed by atoms with Crippen LogP contribution in [0.3, 0.4) is 0 Å². The fourth-order valence-electron chi connectivity index (χ4n) is 1.95. The number of hydrogen-bond acceptors (Lipinski definition) is 5. The zero-order valence-electron chi connectivity index (χ0n) is 11.2. The Morgan fingerprint density at radius 1 is 1.38 bits per heavy atom. The van der Waals surface area contributed by atoms with Crippen molar-refractivity contribution >= 4 is 33.3 Å². The number of hydrogen-bond donors (Lipinski definition) is 0. The molecule has 0 aliphatic carbocycles. The minimum Gasteiger partial charge on any atom is -0.283 e. The Morgan fingerprint density at radius 2 is 2.29 bits per heavy atom. The normalized spacial score (nSPS) is 10.9. The minimum absolute atomic E-state index is 0.00956. The van der Waals surface area contributed by atoms with Gasteiger partial charge in [0.15, 0.2) is 5.16 Å². The van der Waals surface area contributed by atoms with E-state index < -0.39 is 0 Å². The summed E-state index contributed by atoms with van der Waals surface area (Å²) < 4.78 is 1.66. The maximum absolute atomic E-state index is 12.5. The number of thioether (sulfide) groups is 1. The van der Waals surface area contributed by atoms with Crippen molar-refractivity contribution in [3.05, 3.63) is 64.5 Å². The molecule has 3 heterocycles. The molecule has 6 heteroatoms. The van der Waals surface area contributed by atoms with Crippen LogP contribution in [-0.4, -0.2) is 14.5 Å². The van der Waals surface area contributed by atoms with Crippen LogP contribution < -0.4 is 5.56 Å². The van der Waals surface area contributed by atoms with Crippen LogP contribution in [0.5, 0.6) is 0 Å². The number of fused-ring (bicyclic) bond motifs is 1. The highest BCUT2D eigenvalue weighted by Crippen LogP contribution is 2.23. The van der Waals surface area contributed by atoms with Crippen LogP contribution in [0.2, 0.25) is 0 Å². The van der Waals surface area contributed by atoms with Gasteiger partial charge < -0.3 is 0 Å². The second-order valence-electron chi connectivity index (χ2n) is 4.35. The standard InChI is InChI=1S/C15H13N3OS2/c1-2-8-18-14(19)12-6-9-20-13(12)17-15(18)21-10-11-5-3-4-7-16-11/h2-7,9H,1,8,10H2. The van der Waals surface area contributed by atoms with Gasteiger partial charge in [0.05, 0.1) is 11.1 Å². The van der Waals surface area contributed by atoms with E-state index >= 15 is 0 Å². The molecule has 0 spiro atoms. The average Bonchev–Trinajstić information content (AvgIpc) is 2.98. The largest absolute Gasteiger partial charge is 0.283 e. The molecule has 4 nitrogen and oxygen atoms in total. The lowest BCUT2D eigenvalue weighted by Gasteiger charge is -2.09. The second kappa shape index (κ2) is 6.24. The maximum Gasteiger partial charge on any atom is 0.263 e. The van der Waals surface area contributed by atoms with Crippen molar-refractivity contribution < 1.29 is 0 Å². The second-order valence-corrected chi connectivity index (χ2v) is 6.19. The third kappa shape index (κ3) is 2.91. The molecular weight excluding hydrogens is 302 g/mol. The van der Waals surface area contributed by atoms with Gasteiger partial charge in [-0.3, -0.25) is 14.3 Å². The van der Waals surface area contributed by atoms with Crippen LogP contribution in [0.15, 0.2) is 58.4 Å². The van der Waals surface area contributed by atoms with Crippen molar-refractivity contribution in [3.63, 3.8) is 0 Å². The van der Waals surface area contributed by atoms with Gasteiger partial charge in [-0.1, -0.05) is 23.9 Å². The number of rotatable bonds is 5. The molecule has 106 valence electrons. The fraction of sp³-hybridized carbons (Fsp3) is 0.133. The molecule has 0 N–H and O–H groups in total. The van der Waals surface area contributed by atoms with Crippen LogP contribution in [0.4, 0.5) is 0 Å². The molecule has 0 amide bonds. The van der Waals surface area contributed by atoms with Gasteiger partial charge in [0, 0.05) is 18.5 Å². The lowest BCUT2D eigenvalue weighted by Crippen LogP contribution is -2.22. The first-order valence-corrected chi connectivity index (χ1v) is 8.28. The van der Waals surface area contributed by atoms with Gasteiger partial charge in [0.1, 0.15) is 4.83 Å². The van der Waals surface area contributed by atoms with Crippen LogP contribution in [0.25, 0.3) is 10.2 Å². The van der Waals surface area contributed by atoms with Crippen LogP contribution in [0, 0.1) is 0 Å². The summed E-state index contributed by atoms with van der Waals surface area (Å²) in [6.45, 7) is 4.18. The highest BCUT2D eigenvalue weighted by atomic mass is 32.2. The van der Waals surface area contributed by atoms with Gasteiger partial charge in [-0.2, -0.15) is 0 Å². The maximum atomic E-state index is 12.5. The monoisotopic (exact) mass is 315 g/mol. The molecule has 0 unspecified atom stereocenters. The first-order chi connectivity index (χ1) is 10.3. The summed E-state index contributed by atoms with van der Waals surface area (Å²) in [5.74, 6) is 0.682. The molecule has 0 aliphatic heterocycles. The Kier molecular flexibility index (Phi) is 4.17. The Morgan fingerprint density at radius 3 is 3.05 bits per heavy atom. The van der Waals surface area contributed by atoms with Crippen molar-refractivity contribution in [1.82, 2.24) is 14.5 Å². The van der Waals surface area contributed by atoms with Crippen LogP contribution in [-0.2, 0) is 12.3 Å². The smallest absolute Gasteiger partial charge is 0.263 e. The number of nitrogens with zero attached hydrogens (tertiary/aromatic N) is 3. The predicted molar refractivity (Wildman–Crippen MR) is 87.9 cm³/mol. The molecule has 3 aromatic heterocycles. The average molecular weight is 315 g/mol. The van der Waals surface area contributed by atoms with E-state index in [0.717, 1.165) is 10.5 Å². The SMILES string of the molecule is C=CCn1c(SCc2ccccn2)nc2sccc2c1=O. The minimum atomic E-state index is -0.00956. The van der Waals surface area contributed by atoms with E-state index in [4.69, 9.17) is 0 Å². The van der Waals surface area contributed by atoms with Crippen molar-refractivity contribution in [2.75, 3.05) is 0 Å². The van der Waals surface area contributed by atoms with E-state index in [2.05, 4.69) is 16.5 Å².